The van der Waals surface area contributed by atoms with Crippen LogP contribution in [0, 0.1) is 0 Å². The molecule has 1 saturated carbocycles. The van der Waals surface area contributed by atoms with Gasteiger partial charge in [-0.25, -0.2) is 14.8 Å². The number of ether oxygens (including phenoxy) is 1. The van der Waals surface area contributed by atoms with Gasteiger partial charge in [-0.3, -0.25) is 0 Å². The summed E-state index contributed by atoms with van der Waals surface area (Å²) in [7, 11) is 0. The van der Waals surface area contributed by atoms with Crippen molar-refractivity contribution in [3.05, 3.63) is 17.6 Å². The summed E-state index contributed by atoms with van der Waals surface area (Å²) in [4.78, 5) is 24.1. The lowest BCUT2D eigenvalue weighted by Gasteiger charge is -2.41. The molecule has 3 heterocycles. The predicted octanol–water partition coefficient (Wildman–Crippen LogP) is 2.49. The molecule has 1 fully saturated rings. The maximum Gasteiger partial charge on any atom is 0.410 e. The van der Waals surface area contributed by atoms with Crippen molar-refractivity contribution in [1.29, 1.82) is 0 Å². The zero-order valence-corrected chi connectivity index (χ0v) is 18.7. The molecule has 1 aliphatic carbocycles. The number of nitrogens with zero attached hydrogens (tertiary/aromatic N) is 3. The molecule has 164 valence electrons. The molecule has 4 rings (SSSR count). The predicted molar refractivity (Wildman–Crippen MR) is 115 cm³/mol. The van der Waals surface area contributed by atoms with Gasteiger partial charge < -0.3 is 24.6 Å². The van der Waals surface area contributed by atoms with Crippen molar-refractivity contribution in [3.8, 4) is 0 Å². The Labute approximate surface area is 180 Å². The third kappa shape index (κ3) is 4.29. The number of amides is 1. The number of aliphatic hydroxyl groups is 1. The maximum absolute atomic E-state index is 12.5. The van der Waals surface area contributed by atoms with E-state index < -0.39 is 16.8 Å². The van der Waals surface area contributed by atoms with E-state index in [1.165, 1.54) is 0 Å². The molecule has 0 spiro atoms. The van der Waals surface area contributed by atoms with Gasteiger partial charge in [-0.1, -0.05) is 6.08 Å². The van der Waals surface area contributed by atoms with Crippen molar-refractivity contribution in [2.45, 2.75) is 68.9 Å². The second-order valence-corrected chi connectivity index (χ2v) is 10.8. The molecule has 8 nitrogen and oxygen atoms in total. The van der Waals surface area contributed by atoms with Crippen LogP contribution in [-0.2, 0) is 22.3 Å². The van der Waals surface area contributed by atoms with Gasteiger partial charge in [0.25, 0.3) is 0 Å². The molecule has 0 unspecified atom stereocenters. The van der Waals surface area contributed by atoms with Crippen LogP contribution >= 0.6 is 0 Å². The molecule has 2 aliphatic heterocycles. The van der Waals surface area contributed by atoms with Crippen LogP contribution in [0.25, 0.3) is 5.57 Å². The van der Waals surface area contributed by atoms with Crippen LogP contribution in [0.5, 0.6) is 0 Å². The van der Waals surface area contributed by atoms with Crippen molar-refractivity contribution < 1.29 is 19.2 Å². The van der Waals surface area contributed by atoms with Gasteiger partial charge in [-0.05, 0) is 63.2 Å². The molecule has 9 heteroatoms. The second-order valence-electron chi connectivity index (χ2n) is 9.29. The number of hydrogen-bond acceptors (Lipinski definition) is 7. The van der Waals surface area contributed by atoms with Crippen LogP contribution in [-0.4, -0.2) is 67.2 Å². The Balaban J connectivity index is 1.56. The van der Waals surface area contributed by atoms with Gasteiger partial charge in [0.1, 0.15) is 17.0 Å². The maximum atomic E-state index is 12.5. The number of aliphatic hydroxyl groups excluding tert-OH is 1. The fourth-order valence-electron chi connectivity index (χ4n) is 3.97. The van der Waals surface area contributed by atoms with Gasteiger partial charge in [0, 0.05) is 19.5 Å². The molecular weight excluding hydrogens is 404 g/mol. The number of carbonyl (C=O) groups is 1. The third-order valence-electron chi connectivity index (χ3n) is 5.83. The minimum atomic E-state index is -1.12. The van der Waals surface area contributed by atoms with Crippen molar-refractivity contribution >= 4 is 28.7 Å². The number of rotatable bonds is 4. The molecule has 0 saturated heterocycles. The van der Waals surface area contributed by atoms with E-state index in [1.54, 1.807) is 4.90 Å². The zero-order valence-electron chi connectivity index (χ0n) is 17.9. The van der Waals surface area contributed by atoms with Gasteiger partial charge in [0.15, 0.2) is 11.6 Å². The fraction of sp³-hybridized carbons (Fsp3) is 0.667. The summed E-state index contributed by atoms with van der Waals surface area (Å²) in [6.07, 6.45) is 5.75. The molecule has 1 aromatic rings. The summed E-state index contributed by atoms with van der Waals surface area (Å²) in [6.45, 7) is 6.58. The van der Waals surface area contributed by atoms with E-state index >= 15 is 0 Å². The minimum absolute atomic E-state index is 0.0291. The number of anilines is 1. The van der Waals surface area contributed by atoms with Gasteiger partial charge in [0.2, 0.25) is 4.90 Å². The average Bonchev–Trinajstić information content (AvgIpc) is 3.04. The lowest BCUT2D eigenvalue weighted by Crippen LogP contribution is -2.48. The fourth-order valence-corrected chi connectivity index (χ4v) is 5.27. The van der Waals surface area contributed by atoms with Gasteiger partial charge in [-0.15, -0.1) is 0 Å². The summed E-state index contributed by atoms with van der Waals surface area (Å²) in [5, 5.41) is 13.2. The Morgan fingerprint density at radius 3 is 2.70 bits per heavy atom. The molecule has 30 heavy (non-hydrogen) atoms. The number of nitrogens with one attached hydrogen (secondary N) is 1. The molecule has 1 amide bonds. The lowest BCUT2D eigenvalue weighted by atomic mass is 9.77. The SMILES string of the molecule is CC(C)(C)OC(=O)N1CC=C(c2nc3c(c(NC4(CO)CCC4)n2)[S@+]([O-])CC3)CC1. The Hall–Kier alpha value is -1.84. The first-order chi connectivity index (χ1) is 14.2. The molecule has 1 aromatic heterocycles. The second kappa shape index (κ2) is 8.01. The monoisotopic (exact) mass is 434 g/mol. The van der Waals surface area contributed by atoms with Gasteiger partial charge in [0.05, 0.1) is 12.1 Å². The normalized spacial score (nSPS) is 22.8. The summed E-state index contributed by atoms with van der Waals surface area (Å²) < 4.78 is 18.0. The highest BCUT2D eigenvalue weighted by molar-refractivity contribution is 7.91. The molecule has 3 aliphatic rings. The number of hydrogen-bond donors (Lipinski definition) is 2. The van der Waals surface area contributed by atoms with Crippen LogP contribution in [0.1, 0.15) is 58.0 Å². The molecule has 1 atom stereocenters. The number of aryl methyl sites for hydroxylation is 1. The van der Waals surface area contributed by atoms with Crippen molar-refractivity contribution in [1.82, 2.24) is 14.9 Å². The van der Waals surface area contributed by atoms with E-state index in [1.807, 2.05) is 26.8 Å². The van der Waals surface area contributed by atoms with E-state index in [0.717, 1.165) is 30.5 Å². The first-order valence-corrected chi connectivity index (χ1v) is 11.9. The summed E-state index contributed by atoms with van der Waals surface area (Å²) >= 11 is -1.12. The Morgan fingerprint density at radius 1 is 1.37 bits per heavy atom. The minimum Gasteiger partial charge on any atom is -0.611 e. The smallest absolute Gasteiger partial charge is 0.410 e. The summed E-state index contributed by atoms with van der Waals surface area (Å²) in [5.74, 6) is 1.76. The average molecular weight is 435 g/mol. The number of carbonyl (C=O) groups excluding carboxylic acids is 1. The molecular formula is C21H30N4O4S. The van der Waals surface area contributed by atoms with Crippen LogP contribution in [0.2, 0.25) is 0 Å². The van der Waals surface area contributed by atoms with Crippen LogP contribution < -0.4 is 5.32 Å². The molecule has 0 aromatic carbocycles. The molecule has 2 N–H and O–H groups in total. The quantitative estimate of drug-likeness (QED) is 0.701. The highest BCUT2D eigenvalue weighted by Crippen LogP contribution is 2.39. The van der Waals surface area contributed by atoms with E-state index in [0.29, 0.717) is 48.2 Å². The molecule has 0 radical (unpaired) electrons. The standard InChI is InChI=1S/C21H30N4O4S/c1-20(2,3)29-19(27)25-10-5-14(6-11-25)17-22-15-7-12-30(28)16(15)18(23-17)24-21(13-26)8-4-9-21/h5,26H,4,6-13H2,1-3H3,(H,22,23,24)/t30-/m1/s1. The van der Waals surface area contributed by atoms with Crippen molar-refractivity contribution in [2.75, 3.05) is 30.8 Å². The highest BCUT2D eigenvalue weighted by Gasteiger charge is 2.40. The van der Waals surface area contributed by atoms with Gasteiger partial charge >= 0.3 is 6.09 Å². The summed E-state index contributed by atoms with van der Waals surface area (Å²) in [5.41, 5.74) is 0.902. The Morgan fingerprint density at radius 2 is 2.13 bits per heavy atom. The Bertz CT molecular complexity index is 858. The Kier molecular flexibility index (Phi) is 5.71. The number of aromatic nitrogens is 2. The van der Waals surface area contributed by atoms with E-state index in [4.69, 9.17) is 14.7 Å². The topological polar surface area (TPSA) is 111 Å². The van der Waals surface area contributed by atoms with E-state index in [-0.39, 0.29) is 18.2 Å². The highest BCUT2D eigenvalue weighted by atomic mass is 32.2. The third-order valence-corrected chi connectivity index (χ3v) is 7.29. The first kappa shape index (κ1) is 21.4. The van der Waals surface area contributed by atoms with Crippen molar-refractivity contribution in [2.24, 2.45) is 0 Å². The van der Waals surface area contributed by atoms with Crippen molar-refractivity contribution in [3.63, 3.8) is 0 Å². The van der Waals surface area contributed by atoms with Crippen LogP contribution in [0.3, 0.4) is 0 Å². The first-order valence-electron chi connectivity index (χ1n) is 10.6. The van der Waals surface area contributed by atoms with Crippen LogP contribution in [0.4, 0.5) is 10.6 Å². The van der Waals surface area contributed by atoms with E-state index in [2.05, 4.69) is 5.32 Å². The largest absolute Gasteiger partial charge is 0.611 e. The summed E-state index contributed by atoms with van der Waals surface area (Å²) in [6, 6.07) is 0. The van der Waals surface area contributed by atoms with Gasteiger partial charge in [-0.2, -0.15) is 0 Å². The zero-order chi connectivity index (χ0) is 21.5. The van der Waals surface area contributed by atoms with Crippen LogP contribution in [0.15, 0.2) is 11.0 Å². The number of fused-ring (bicyclic) bond motifs is 1. The lowest BCUT2D eigenvalue weighted by molar-refractivity contribution is 0.0270. The molecule has 0 bridgehead atoms. The van der Waals surface area contributed by atoms with E-state index in [9.17, 15) is 14.5 Å².